The van der Waals surface area contributed by atoms with Gasteiger partial charge >= 0.3 is 0 Å². The van der Waals surface area contributed by atoms with Crippen LogP contribution in [-0.4, -0.2) is 49.9 Å². The number of carbonyl (C=O) groups excluding carboxylic acids is 1. The zero-order valence-electron chi connectivity index (χ0n) is 20.4. The summed E-state index contributed by atoms with van der Waals surface area (Å²) in [5.41, 5.74) is -1.24. The van der Waals surface area contributed by atoms with Gasteiger partial charge in [0.05, 0.1) is 46.7 Å². The second-order valence-electron chi connectivity index (χ2n) is 10.9. The lowest BCUT2D eigenvalue weighted by atomic mass is 9.67. The Labute approximate surface area is 221 Å². The average molecular weight is 542 g/mol. The molecule has 3 N–H and O–H groups in total. The van der Waals surface area contributed by atoms with Crippen LogP contribution in [0.15, 0.2) is 29.2 Å². The second kappa shape index (κ2) is 8.19. The highest BCUT2D eigenvalue weighted by atomic mass is 35.5. The molecular formula is C26H25ClFN5O5. The molecule has 0 spiro atoms. The van der Waals surface area contributed by atoms with Gasteiger partial charge < -0.3 is 29.8 Å². The molecule has 2 saturated heterocycles. The summed E-state index contributed by atoms with van der Waals surface area (Å²) in [4.78, 5) is 32.8. The first kappa shape index (κ1) is 24.0. The summed E-state index contributed by atoms with van der Waals surface area (Å²) in [7, 11) is 0. The van der Waals surface area contributed by atoms with E-state index in [1.807, 2.05) is 0 Å². The van der Waals surface area contributed by atoms with E-state index in [4.69, 9.17) is 21.1 Å². The molecule has 38 heavy (non-hydrogen) atoms. The van der Waals surface area contributed by atoms with Crippen molar-refractivity contribution in [2.75, 3.05) is 18.5 Å². The molecule has 198 valence electrons. The summed E-state index contributed by atoms with van der Waals surface area (Å²) in [6.45, 7) is 0.688. The van der Waals surface area contributed by atoms with Crippen LogP contribution in [0.3, 0.4) is 0 Å². The molecule has 0 aromatic carbocycles. The van der Waals surface area contributed by atoms with Crippen LogP contribution in [0.4, 0.5) is 10.2 Å². The topological polar surface area (TPSA) is 128 Å². The van der Waals surface area contributed by atoms with Gasteiger partial charge in [0.25, 0.3) is 11.5 Å². The molecule has 12 heteroatoms. The molecule has 0 radical (unpaired) electrons. The number of nitrogens with zero attached hydrogens (tertiary/aromatic N) is 3. The zero-order chi connectivity index (χ0) is 26.3. The fraction of sp³-hybridized carbons (Fsp3) is 0.462. The summed E-state index contributed by atoms with van der Waals surface area (Å²) in [5, 5.41) is 18.5. The number of fused-ring (bicyclic) bond motifs is 4. The van der Waals surface area contributed by atoms with E-state index in [-0.39, 0.29) is 42.1 Å². The van der Waals surface area contributed by atoms with Gasteiger partial charge in [0.15, 0.2) is 18.2 Å². The number of hydrogen-bond acceptors (Lipinski definition) is 8. The van der Waals surface area contributed by atoms with Crippen molar-refractivity contribution >= 4 is 34.4 Å². The number of ether oxygens (including phenoxy) is 2. The number of hydrogen-bond donors (Lipinski definition) is 3. The van der Waals surface area contributed by atoms with Crippen LogP contribution < -0.4 is 20.9 Å². The first-order valence-electron chi connectivity index (χ1n) is 12.6. The first-order valence-corrected chi connectivity index (χ1v) is 13.0. The lowest BCUT2D eigenvalue weighted by Gasteiger charge is -2.55. The van der Waals surface area contributed by atoms with Crippen LogP contribution in [-0.2, 0) is 28.2 Å². The minimum Gasteiger partial charge on any atom is -0.480 e. The van der Waals surface area contributed by atoms with Gasteiger partial charge in [-0.05, 0) is 31.7 Å². The van der Waals surface area contributed by atoms with Gasteiger partial charge in [-0.2, -0.15) is 0 Å². The number of amides is 1. The maximum Gasteiger partial charge on any atom is 0.263 e. The Morgan fingerprint density at radius 1 is 1.24 bits per heavy atom. The third kappa shape index (κ3) is 3.64. The smallest absolute Gasteiger partial charge is 0.263 e. The lowest BCUT2D eigenvalue weighted by Crippen LogP contribution is -2.62. The highest BCUT2D eigenvalue weighted by molar-refractivity contribution is 6.31. The summed E-state index contributed by atoms with van der Waals surface area (Å²) in [5.74, 6) is -0.0905. The molecule has 5 aliphatic rings. The molecule has 2 bridgehead atoms. The van der Waals surface area contributed by atoms with Crippen LogP contribution in [0, 0.1) is 5.82 Å². The number of pyridine rings is 3. The van der Waals surface area contributed by atoms with E-state index in [1.54, 1.807) is 12.1 Å². The maximum atomic E-state index is 15.0. The quantitative estimate of drug-likeness (QED) is 0.449. The highest BCUT2D eigenvalue weighted by Crippen LogP contribution is 2.51. The lowest BCUT2D eigenvalue weighted by molar-refractivity contribution is -0.192. The predicted octanol–water partition coefficient (Wildman–Crippen LogP) is 2.38. The number of nitrogens with one attached hydrogen (secondary N) is 2. The Morgan fingerprint density at radius 2 is 2.05 bits per heavy atom. The summed E-state index contributed by atoms with van der Waals surface area (Å²) < 4.78 is 28.2. The minimum atomic E-state index is -1.57. The van der Waals surface area contributed by atoms with Gasteiger partial charge in [-0.3, -0.25) is 14.6 Å². The summed E-state index contributed by atoms with van der Waals surface area (Å²) >= 11 is 6.43. The number of anilines is 1. The molecule has 0 unspecified atom stereocenters. The van der Waals surface area contributed by atoms with E-state index in [0.717, 1.165) is 19.0 Å². The van der Waals surface area contributed by atoms with Crippen LogP contribution in [0.2, 0.25) is 5.02 Å². The van der Waals surface area contributed by atoms with Gasteiger partial charge in [0.1, 0.15) is 11.4 Å². The van der Waals surface area contributed by atoms with Crippen molar-refractivity contribution in [2.45, 2.75) is 61.9 Å². The van der Waals surface area contributed by atoms with E-state index in [9.17, 15) is 14.7 Å². The largest absolute Gasteiger partial charge is 0.480 e. The number of halogens is 2. The van der Waals surface area contributed by atoms with Gasteiger partial charge in [-0.15, -0.1) is 0 Å². The SMILES string of the molecule is O=C1COc2cc(Cl)c(CNC34CCC(C[C@]5(O)Cn6c(=O)ccc7ncc(F)c5c76)(CC3)OC4)nc2N1. The van der Waals surface area contributed by atoms with Gasteiger partial charge in [-0.25, -0.2) is 9.37 Å². The third-order valence-electron chi connectivity index (χ3n) is 8.49. The van der Waals surface area contributed by atoms with E-state index >= 15 is 4.39 Å². The molecule has 1 atom stereocenters. The van der Waals surface area contributed by atoms with Crippen molar-refractivity contribution in [3.63, 3.8) is 0 Å². The average Bonchev–Trinajstić information content (AvgIpc) is 3.22. The molecule has 1 amide bonds. The van der Waals surface area contributed by atoms with Crippen molar-refractivity contribution in [1.29, 1.82) is 0 Å². The molecule has 3 fully saturated rings. The minimum absolute atomic E-state index is 0.0294. The zero-order valence-corrected chi connectivity index (χ0v) is 21.1. The van der Waals surface area contributed by atoms with E-state index in [1.165, 1.54) is 10.6 Å². The molecule has 1 aliphatic carbocycles. The van der Waals surface area contributed by atoms with Crippen molar-refractivity contribution in [1.82, 2.24) is 19.9 Å². The monoisotopic (exact) mass is 541 g/mol. The van der Waals surface area contributed by atoms with E-state index < -0.39 is 17.0 Å². The summed E-state index contributed by atoms with van der Waals surface area (Å²) in [6, 6.07) is 4.61. The van der Waals surface area contributed by atoms with Crippen molar-refractivity contribution in [3.05, 3.63) is 56.8 Å². The van der Waals surface area contributed by atoms with E-state index in [0.29, 0.717) is 59.3 Å². The second-order valence-corrected chi connectivity index (χ2v) is 11.3. The predicted molar refractivity (Wildman–Crippen MR) is 135 cm³/mol. The van der Waals surface area contributed by atoms with Crippen LogP contribution >= 0.6 is 11.6 Å². The van der Waals surface area contributed by atoms with Crippen molar-refractivity contribution in [2.24, 2.45) is 0 Å². The number of carbonyl (C=O) groups is 1. The number of aliphatic hydroxyl groups is 1. The maximum absolute atomic E-state index is 15.0. The number of aromatic nitrogens is 3. The molecule has 1 saturated carbocycles. The third-order valence-corrected chi connectivity index (χ3v) is 8.82. The molecular weight excluding hydrogens is 517 g/mol. The van der Waals surface area contributed by atoms with E-state index in [2.05, 4.69) is 20.6 Å². The molecule has 7 heterocycles. The Kier molecular flexibility index (Phi) is 5.16. The van der Waals surface area contributed by atoms with Gasteiger partial charge in [-0.1, -0.05) is 11.6 Å². The van der Waals surface area contributed by atoms with Crippen LogP contribution in [0.5, 0.6) is 5.75 Å². The molecule has 4 aliphatic heterocycles. The molecule has 3 aromatic rings. The van der Waals surface area contributed by atoms with Crippen LogP contribution in [0.25, 0.3) is 11.0 Å². The van der Waals surface area contributed by atoms with Gasteiger partial charge in [0.2, 0.25) is 0 Å². The molecule has 3 aromatic heterocycles. The summed E-state index contributed by atoms with van der Waals surface area (Å²) in [6.07, 6.45) is 4.19. The Bertz CT molecular complexity index is 1550. The first-order chi connectivity index (χ1) is 18.2. The normalized spacial score (nSPS) is 29.3. The Morgan fingerprint density at radius 3 is 2.82 bits per heavy atom. The van der Waals surface area contributed by atoms with Crippen molar-refractivity contribution < 1.29 is 23.8 Å². The molecule has 10 nitrogen and oxygen atoms in total. The fourth-order valence-corrected chi connectivity index (χ4v) is 6.70. The van der Waals surface area contributed by atoms with Crippen LogP contribution in [0.1, 0.15) is 43.4 Å². The highest BCUT2D eigenvalue weighted by Gasteiger charge is 2.55. The van der Waals surface area contributed by atoms with Crippen molar-refractivity contribution in [3.8, 4) is 5.75 Å². The number of rotatable bonds is 5. The Balaban J connectivity index is 1.08. The fourth-order valence-electron chi connectivity index (χ4n) is 6.49. The standard InChI is InChI=1S/C26H25ClFN5O5/c27-14-7-18-23(32-19(34)10-37-18)31-17(14)9-30-24-3-5-25(6-4-24,38-13-24)11-26(36)12-33-20(35)2-1-16-22(33)21(26)15(28)8-29-16/h1-2,7-8,30,36H,3-6,9-13H2,(H,31,32,34)/t24?,25?,26-/m0/s1. The Hall–Kier alpha value is -3.12. The van der Waals surface area contributed by atoms with Gasteiger partial charge in [0, 0.05) is 36.2 Å². The molecule has 8 rings (SSSR count).